The van der Waals surface area contributed by atoms with Gasteiger partial charge in [-0.3, -0.25) is 4.79 Å². The zero-order valence-electron chi connectivity index (χ0n) is 11.4. The molecule has 18 heavy (non-hydrogen) atoms. The summed E-state index contributed by atoms with van der Waals surface area (Å²) in [5.41, 5.74) is -0.509. The van der Waals surface area contributed by atoms with Gasteiger partial charge in [-0.1, -0.05) is 6.92 Å². The number of methoxy groups -OCH3 is 1. The van der Waals surface area contributed by atoms with Gasteiger partial charge >= 0.3 is 5.97 Å². The van der Waals surface area contributed by atoms with Crippen molar-refractivity contribution >= 4 is 17.7 Å². The van der Waals surface area contributed by atoms with Crippen LogP contribution < -0.4 is 5.32 Å². The third kappa shape index (κ3) is 4.14. The van der Waals surface area contributed by atoms with Crippen LogP contribution in [0.25, 0.3) is 0 Å². The number of carbonyl (C=O) groups is 1. The number of aliphatic hydroxyl groups excluding tert-OH is 1. The van der Waals surface area contributed by atoms with E-state index < -0.39 is 5.54 Å². The maximum atomic E-state index is 12.1. The second-order valence-corrected chi connectivity index (χ2v) is 5.90. The van der Waals surface area contributed by atoms with E-state index in [-0.39, 0.29) is 12.6 Å². The standard InChI is InChI=1S/C13H25NO3S/c1-3-7-14-13(11-5-6-11,12(16)17-2)10-18-9-4-8-15/h11,14-15H,3-10H2,1-2H3. The van der Waals surface area contributed by atoms with Crippen LogP contribution in [0.4, 0.5) is 0 Å². The van der Waals surface area contributed by atoms with Gasteiger partial charge in [-0.15, -0.1) is 0 Å². The van der Waals surface area contributed by atoms with Crippen molar-refractivity contribution in [2.75, 3.05) is 31.8 Å². The number of esters is 1. The minimum Gasteiger partial charge on any atom is -0.468 e. The number of aliphatic hydroxyl groups is 1. The quantitative estimate of drug-likeness (QED) is 0.466. The molecule has 0 aliphatic heterocycles. The SMILES string of the molecule is CCCNC(CSCCCO)(C(=O)OC)C1CC1. The molecule has 0 radical (unpaired) electrons. The Balaban J connectivity index is 2.60. The second-order valence-electron chi connectivity index (χ2n) is 4.79. The third-order valence-electron chi connectivity index (χ3n) is 3.29. The molecule has 0 aromatic rings. The van der Waals surface area contributed by atoms with Gasteiger partial charge in [-0.2, -0.15) is 11.8 Å². The van der Waals surface area contributed by atoms with Crippen LogP contribution >= 0.6 is 11.8 Å². The summed E-state index contributed by atoms with van der Waals surface area (Å²) in [4.78, 5) is 12.1. The lowest BCUT2D eigenvalue weighted by molar-refractivity contribution is -0.148. The first-order valence-electron chi connectivity index (χ1n) is 6.73. The Kier molecular flexibility index (Phi) is 7.04. The predicted molar refractivity (Wildman–Crippen MR) is 74.8 cm³/mol. The summed E-state index contributed by atoms with van der Waals surface area (Å²) in [5, 5.41) is 12.2. The van der Waals surface area contributed by atoms with Gasteiger partial charge < -0.3 is 15.2 Å². The highest BCUT2D eigenvalue weighted by molar-refractivity contribution is 7.99. The molecule has 1 aliphatic rings. The van der Waals surface area contributed by atoms with Crippen molar-refractivity contribution in [3.8, 4) is 0 Å². The molecular weight excluding hydrogens is 250 g/mol. The summed E-state index contributed by atoms with van der Waals surface area (Å²) in [7, 11) is 1.46. The number of carbonyl (C=O) groups excluding carboxylic acids is 1. The Bertz CT molecular complexity index is 259. The summed E-state index contributed by atoms with van der Waals surface area (Å²) < 4.78 is 5.01. The molecule has 0 aromatic heterocycles. The van der Waals surface area contributed by atoms with Crippen molar-refractivity contribution in [1.29, 1.82) is 0 Å². The number of thioether (sulfide) groups is 1. The molecule has 1 atom stereocenters. The summed E-state index contributed by atoms with van der Waals surface area (Å²) in [6.07, 6.45) is 3.99. The van der Waals surface area contributed by atoms with Crippen LogP contribution in [0.15, 0.2) is 0 Å². The van der Waals surface area contributed by atoms with Crippen LogP contribution in [0.5, 0.6) is 0 Å². The molecular formula is C13H25NO3S. The van der Waals surface area contributed by atoms with Gasteiger partial charge in [-0.25, -0.2) is 0 Å². The maximum Gasteiger partial charge on any atom is 0.327 e. The molecule has 0 spiro atoms. The van der Waals surface area contributed by atoms with Gasteiger partial charge in [0.15, 0.2) is 0 Å². The molecule has 1 saturated carbocycles. The van der Waals surface area contributed by atoms with Crippen molar-refractivity contribution < 1.29 is 14.6 Å². The Labute approximate surface area is 114 Å². The third-order valence-corrected chi connectivity index (χ3v) is 4.53. The van der Waals surface area contributed by atoms with Gasteiger partial charge in [0.2, 0.25) is 0 Å². The van der Waals surface area contributed by atoms with Crippen molar-refractivity contribution in [3.63, 3.8) is 0 Å². The normalized spacial score (nSPS) is 18.4. The first kappa shape index (κ1) is 15.8. The van der Waals surface area contributed by atoms with Crippen LogP contribution in [0.2, 0.25) is 0 Å². The van der Waals surface area contributed by atoms with E-state index in [9.17, 15) is 4.79 Å². The highest BCUT2D eigenvalue weighted by Crippen LogP contribution is 2.42. The number of hydrogen-bond donors (Lipinski definition) is 2. The summed E-state index contributed by atoms with van der Waals surface area (Å²) in [5.74, 6) is 1.91. The molecule has 1 fully saturated rings. The second kappa shape index (κ2) is 8.02. The monoisotopic (exact) mass is 275 g/mol. The molecule has 0 saturated heterocycles. The first-order chi connectivity index (χ1) is 8.71. The van der Waals surface area contributed by atoms with Crippen LogP contribution in [0.1, 0.15) is 32.6 Å². The van der Waals surface area contributed by atoms with Crippen molar-refractivity contribution in [2.24, 2.45) is 5.92 Å². The molecule has 1 unspecified atom stereocenters. The van der Waals surface area contributed by atoms with E-state index in [4.69, 9.17) is 9.84 Å². The lowest BCUT2D eigenvalue weighted by atomic mass is 9.95. The Morgan fingerprint density at radius 3 is 2.78 bits per heavy atom. The van der Waals surface area contributed by atoms with E-state index in [1.165, 1.54) is 7.11 Å². The Morgan fingerprint density at radius 2 is 2.28 bits per heavy atom. The highest BCUT2D eigenvalue weighted by Gasteiger charge is 2.51. The van der Waals surface area contributed by atoms with Gasteiger partial charge in [0.25, 0.3) is 0 Å². The average molecular weight is 275 g/mol. The molecule has 0 amide bonds. The molecule has 4 nitrogen and oxygen atoms in total. The maximum absolute atomic E-state index is 12.1. The molecule has 106 valence electrons. The van der Waals surface area contributed by atoms with Crippen molar-refractivity contribution in [2.45, 2.75) is 38.1 Å². The van der Waals surface area contributed by atoms with Crippen LogP contribution in [-0.2, 0) is 9.53 Å². The minimum atomic E-state index is -0.509. The summed E-state index contributed by atoms with van der Waals surface area (Å²) in [6, 6.07) is 0. The zero-order valence-corrected chi connectivity index (χ0v) is 12.2. The van der Waals surface area contributed by atoms with E-state index in [1.54, 1.807) is 11.8 Å². The van der Waals surface area contributed by atoms with Crippen molar-refractivity contribution in [3.05, 3.63) is 0 Å². The van der Waals surface area contributed by atoms with Crippen LogP contribution in [0, 0.1) is 5.92 Å². The predicted octanol–water partition coefficient (Wildman–Crippen LogP) is 1.42. The van der Waals surface area contributed by atoms with E-state index in [0.29, 0.717) is 5.92 Å². The number of ether oxygens (including phenoxy) is 1. The van der Waals surface area contributed by atoms with E-state index in [0.717, 1.165) is 43.7 Å². The van der Waals surface area contributed by atoms with Crippen LogP contribution in [-0.4, -0.2) is 48.4 Å². The molecule has 0 aromatic carbocycles. The minimum absolute atomic E-state index is 0.130. The first-order valence-corrected chi connectivity index (χ1v) is 7.88. The van der Waals surface area contributed by atoms with E-state index >= 15 is 0 Å². The molecule has 1 rings (SSSR count). The van der Waals surface area contributed by atoms with Gasteiger partial charge in [0.05, 0.1) is 7.11 Å². The van der Waals surface area contributed by atoms with Gasteiger partial charge in [0, 0.05) is 12.4 Å². The van der Waals surface area contributed by atoms with E-state index in [2.05, 4.69) is 12.2 Å². The fourth-order valence-electron chi connectivity index (χ4n) is 2.12. The smallest absolute Gasteiger partial charge is 0.327 e. The number of nitrogens with one attached hydrogen (secondary N) is 1. The number of rotatable bonds is 10. The van der Waals surface area contributed by atoms with Gasteiger partial charge in [-0.05, 0) is 43.9 Å². The summed E-state index contributed by atoms with van der Waals surface area (Å²) in [6.45, 7) is 3.15. The van der Waals surface area contributed by atoms with Crippen molar-refractivity contribution in [1.82, 2.24) is 5.32 Å². The lowest BCUT2D eigenvalue weighted by Gasteiger charge is -2.32. The molecule has 0 bridgehead atoms. The topological polar surface area (TPSA) is 58.6 Å². The molecule has 2 N–H and O–H groups in total. The van der Waals surface area contributed by atoms with Crippen LogP contribution in [0.3, 0.4) is 0 Å². The highest BCUT2D eigenvalue weighted by atomic mass is 32.2. The lowest BCUT2D eigenvalue weighted by Crippen LogP contribution is -2.57. The summed E-state index contributed by atoms with van der Waals surface area (Å²) >= 11 is 1.72. The number of hydrogen-bond acceptors (Lipinski definition) is 5. The average Bonchev–Trinajstić information content (AvgIpc) is 3.22. The Hall–Kier alpha value is -0.260. The Morgan fingerprint density at radius 1 is 1.56 bits per heavy atom. The largest absolute Gasteiger partial charge is 0.468 e. The molecule has 1 aliphatic carbocycles. The molecule has 5 heteroatoms. The fourth-order valence-corrected chi connectivity index (χ4v) is 3.37. The zero-order chi connectivity index (χ0) is 13.4. The molecule has 0 heterocycles. The van der Waals surface area contributed by atoms with E-state index in [1.807, 2.05) is 0 Å². The van der Waals surface area contributed by atoms with Gasteiger partial charge in [0.1, 0.15) is 5.54 Å². The fraction of sp³-hybridized carbons (Fsp3) is 0.923.